The van der Waals surface area contributed by atoms with Crippen LogP contribution in [0, 0.1) is 11.3 Å². The van der Waals surface area contributed by atoms with Gasteiger partial charge in [0, 0.05) is 18.2 Å². The molecule has 0 bridgehead atoms. The van der Waals surface area contributed by atoms with Gasteiger partial charge >= 0.3 is 0 Å². The molecule has 2 heterocycles. The second-order valence-electron chi connectivity index (χ2n) is 3.97. The van der Waals surface area contributed by atoms with E-state index >= 15 is 0 Å². The number of nitriles is 1. The zero-order valence-electron chi connectivity index (χ0n) is 8.47. The molecule has 16 heavy (non-hydrogen) atoms. The van der Waals surface area contributed by atoms with E-state index in [2.05, 4.69) is 6.07 Å². The Bertz CT molecular complexity index is 694. The van der Waals surface area contributed by atoms with Gasteiger partial charge in [-0.25, -0.2) is 0 Å². The number of hydrogen-bond acceptors (Lipinski definition) is 3. The molecule has 78 valence electrons. The highest BCUT2D eigenvalue weighted by atomic mass is 16.1. The van der Waals surface area contributed by atoms with Crippen molar-refractivity contribution in [2.75, 3.05) is 0 Å². The van der Waals surface area contributed by atoms with Gasteiger partial charge in [-0.3, -0.25) is 4.79 Å². The van der Waals surface area contributed by atoms with Crippen LogP contribution in [0.4, 0.5) is 0 Å². The molecule has 0 amide bonds. The van der Waals surface area contributed by atoms with Gasteiger partial charge in [-0.15, -0.1) is 0 Å². The average Bonchev–Trinajstić information content (AvgIpc) is 2.64. The number of nitrogens with two attached hydrogens (primary N) is 1. The summed E-state index contributed by atoms with van der Waals surface area (Å²) in [4.78, 5) is 11.7. The maximum atomic E-state index is 11.7. The molecule has 1 aromatic carbocycles. The van der Waals surface area contributed by atoms with E-state index in [4.69, 9.17) is 11.0 Å². The third-order valence-corrected chi connectivity index (χ3v) is 3.06. The van der Waals surface area contributed by atoms with E-state index in [0.717, 1.165) is 16.5 Å². The first-order valence-electron chi connectivity index (χ1n) is 5.04. The van der Waals surface area contributed by atoms with Gasteiger partial charge in [-0.2, -0.15) is 5.26 Å². The van der Waals surface area contributed by atoms with Gasteiger partial charge in [-0.1, -0.05) is 6.07 Å². The Balaban J connectivity index is 2.58. The van der Waals surface area contributed by atoms with Gasteiger partial charge in [0.2, 0.25) is 0 Å². The van der Waals surface area contributed by atoms with E-state index in [1.165, 1.54) is 6.07 Å². The molecule has 0 saturated heterocycles. The second kappa shape index (κ2) is 2.94. The lowest BCUT2D eigenvalue weighted by molar-refractivity contribution is 0.620. The van der Waals surface area contributed by atoms with Crippen molar-refractivity contribution in [3.05, 3.63) is 45.7 Å². The van der Waals surface area contributed by atoms with E-state index in [1.807, 2.05) is 6.07 Å². The fraction of sp³-hybridized carbons (Fsp3) is 0.167. The molecule has 1 atom stereocenters. The number of hydrogen-bond donors (Lipinski definition) is 1. The molecule has 0 aliphatic carbocycles. The second-order valence-corrected chi connectivity index (χ2v) is 3.97. The Morgan fingerprint density at radius 2 is 2.12 bits per heavy atom. The minimum Gasteiger partial charge on any atom is -0.322 e. The molecule has 0 saturated carbocycles. The maximum Gasteiger partial charge on any atom is 0.251 e. The molecule has 1 unspecified atom stereocenters. The largest absolute Gasteiger partial charge is 0.322 e. The van der Waals surface area contributed by atoms with Gasteiger partial charge in [0.05, 0.1) is 23.2 Å². The summed E-state index contributed by atoms with van der Waals surface area (Å²) in [6.07, 6.45) is 0. The number of rotatable bonds is 0. The van der Waals surface area contributed by atoms with Crippen molar-refractivity contribution in [3.63, 3.8) is 0 Å². The van der Waals surface area contributed by atoms with E-state index < -0.39 is 0 Å². The summed E-state index contributed by atoms with van der Waals surface area (Å²) in [5.74, 6) is 0. The summed E-state index contributed by atoms with van der Waals surface area (Å²) >= 11 is 0. The number of aromatic nitrogens is 1. The van der Waals surface area contributed by atoms with Crippen LogP contribution in [0.3, 0.4) is 0 Å². The molecular weight excluding hydrogens is 202 g/mol. The summed E-state index contributed by atoms with van der Waals surface area (Å²) in [5.41, 5.74) is 8.10. The highest BCUT2D eigenvalue weighted by molar-refractivity contribution is 5.86. The van der Waals surface area contributed by atoms with Crippen molar-refractivity contribution in [2.24, 2.45) is 5.73 Å². The van der Waals surface area contributed by atoms with Crippen LogP contribution in [0.5, 0.6) is 0 Å². The molecule has 3 rings (SSSR count). The van der Waals surface area contributed by atoms with Crippen LogP contribution >= 0.6 is 0 Å². The Labute approximate surface area is 91.5 Å². The van der Waals surface area contributed by atoms with E-state index in [-0.39, 0.29) is 11.6 Å². The lowest BCUT2D eigenvalue weighted by Gasteiger charge is -2.04. The van der Waals surface area contributed by atoms with Crippen LogP contribution in [0.25, 0.3) is 10.9 Å². The van der Waals surface area contributed by atoms with Gasteiger partial charge in [0.25, 0.3) is 5.56 Å². The topological polar surface area (TPSA) is 71.8 Å². The van der Waals surface area contributed by atoms with Crippen molar-refractivity contribution in [1.29, 1.82) is 5.26 Å². The number of pyridine rings is 1. The van der Waals surface area contributed by atoms with E-state index in [9.17, 15) is 4.79 Å². The average molecular weight is 211 g/mol. The minimum absolute atomic E-state index is 0.0585. The van der Waals surface area contributed by atoms with Crippen molar-refractivity contribution >= 4 is 10.9 Å². The molecule has 0 radical (unpaired) electrons. The highest BCUT2D eigenvalue weighted by Crippen LogP contribution is 2.31. The standard InChI is InChI=1S/C12H9N3O/c13-5-8-2-1-7-3-4-10(16)15-6-9(14)11(8)12(7)15/h1-4,9H,6,14H2. The van der Waals surface area contributed by atoms with Crippen LogP contribution in [-0.4, -0.2) is 4.57 Å². The van der Waals surface area contributed by atoms with Crippen molar-refractivity contribution in [3.8, 4) is 6.07 Å². The molecule has 4 heteroatoms. The smallest absolute Gasteiger partial charge is 0.251 e. The molecular formula is C12H9N3O. The lowest BCUT2D eigenvalue weighted by atomic mass is 10.0. The number of benzene rings is 1. The molecule has 1 aliphatic heterocycles. The Morgan fingerprint density at radius 3 is 2.88 bits per heavy atom. The van der Waals surface area contributed by atoms with Crippen LogP contribution in [0.2, 0.25) is 0 Å². The van der Waals surface area contributed by atoms with Gasteiger partial charge < -0.3 is 10.3 Å². The fourth-order valence-corrected chi connectivity index (χ4v) is 2.36. The molecule has 0 fully saturated rings. The third-order valence-electron chi connectivity index (χ3n) is 3.06. The highest BCUT2D eigenvalue weighted by Gasteiger charge is 2.24. The lowest BCUT2D eigenvalue weighted by Crippen LogP contribution is -2.19. The van der Waals surface area contributed by atoms with Crippen molar-refractivity contribution in [1.82, 2.24) is 4.57 Å². The van der Waals surface area contributed by atoms with E-state index in [1.54, 1.807) is 16.7 Å². The van der Waals surface area contributed by atoms with Crippen LogP contribution in [0.15, 0.2) is 29.1 Å². The van der Waals surface area contributed by atoms with Gasteiger partial charge in [0.15, 0.2) is 0 Å². The minimum atomic E-state index is -0.256. The van der Waals surface area contributed by atoms with Crippen molar-refractivity contribution in [2.45, 2.75) is 12.6 Å². The summed E-state index contributed by atoms with van der Waals surface area (Å²) in [5, 5.41) is 9.99. The summed E-state index contributed by atoms with van der Waals surface area (Å²) in [6.45, 7) is 0.462. The summed E-state index contributed by atoms with van der Waals surface area (Å²) in [6, 6.07) is 8.80. The summed E-state index contributed by atoms with van der Waals surface area (Å²) in [7, 11) is 0. The Morgan fingerprint density at radius 1 is 1.38 bits per heavy atom. The van der Waals surface area contributed by atoms with Gasteiger partial charge in [-0.05, 0) is 17.5 Å². The fourth-order valence-electron chi connectivity index (χ4n) is 2.36. The first kappa shape index (κ1) is 9.13. The van der Waals surface area contributed by atoms with Gasteiger partial charge in [0.1, 0.15) is 0 Å². The first-order valence-corrected chi connectivity index (χ1v) is 5.04. The molecule has 2 N–H and O–H groups in total. The first-order chi connectivity index (χ1) is 7.72. The predicted molar refractivity (Wildman–Crippen MR) is 59.9 cm³/mol. The summed E-state index contributed by atoms with van der Waals surface area (Å²) < 4.78 is 1.65. The zero-order chi connectivity index (χ0) is 11.3. The SMILES string of the molecule is N#Cc1ccc2ccc(=O)n3c2c1C(N)C3. The number of nitrogens with zero attached hydrogens (tertiary/aromatic N) is 2. The molecule has 0 spiro atoms. The van der Waals surface area contributed by atoms with Crippen molar-refractivity contribution < 1.29 is 0 Å². The molecule has 1 aliphatic rings. The molecule has 1 aromatic heterocycles. The monoisotopic (exact) mass is 211 g/mol. The Hall–Kier alpha value is -2.12. The third kappa shape index (κ3) is 0.980. The zero-order valence-corrected chi connectivity index (χ0v) is 8.47. The van der Waals surface area contributed by atoms with Crippen LogP contribution in [0.1, 0.15) is 17.2 Å². The Kier molecular flexibility index (Phi) is 1.68. The molecule has 4 nitrogen and oxygen atoms in total. The maximum absolute atomic E-state index is 11.7. The normalized spacial score (nSPS) is 17.6. The molecule has 2 aromatic rings. The van der Waals surface area contributed by atoms with E-state index in [0.29, 0.717) is 12.1 Å². The predicted octanol–water partition coefficient (Wildman–Crippen LogP) is 0.887. The van der Waals surface area contributed by atoms with Crippen LogP contribution in [-0.2, 0) is 6.54 Å². The quantitative estimate of drug-likeness (QED) is 0.703. The van der Waals surface area contributed by atoms with Crippen LogP contribution < -0.4 is 11.3 Å².